The molecule has 0 aliphatic carbocycles. The van der Waals surface area contributed by atoms with Gasteiger partial charge in [0.25, 0.3) is 0 Å². The fourth-order valence-corrected chi connectivity index (χ4v) is 3.56. The van der Waals surface area contributed by atoms with Crippen LogP contribution in [0.15, 0.2) is 36.0 Å². The van der Waals surface area contributed by atoms with Crippen LogP contribution in [0.5, 0.6) is 5.75 Å². The molecular formula is C17H22N2O2. The van der Waals surface area contributed by atoms with Crippen molar-refractivity contribution >= 4 is 5.91 Å². The Morgan fingerprint density at radius 2 is 2.14 bits per heavy atom. The zero-order chi connectivity index (χ0) is 15.0. The number of nitrogens with zero attached hydrogens (tertiary/aromatic N) is 1. The van der Waals surface area contributed by atoms with E-state index < -0.39 is 5.54 Å². The summed E-state index contributed by atoms with van der Waals surface area (Å²) in [5, 5.41) is 0. The molecule has 1 amide bonds. The monoisotopic (exact) mass is 286 g/mol. The average molecular weight is 286 g/mol. The molecule has 4 heteroatoms. The molecule has 0 spiro atoms. The van der Waals surface area contributed by atoms with Crippen LogP contribution in [0.4, 0.5) is 0 Å². The molecule has 1 saturated heterocycles. The summed E-state index contributed by atoms with van der Waals surface area (Å²) in [6, 6.07) is 8.17. The summed E-state index contributed by atoms with van der Waals surface area (Å²) in [7, 11) is 1.67. The number of carbonyl (C=O) groups is 1. The van der Waals surface area contributed by atoms with E-state index in [9.17, 15) is 4.79 Å². The summed E-state index contributed by atoms with van der Waals surface area (Å²) in [6.45, 7) is 3.15. The van der Waals surface area contributed by atoms with Gasteiger partial charge in [0.1, 0.15) is 11.3 Å². The number of primary amides is 1. The van der Waals surface area contributed by atoms with Gasteiger partial charge in [-0.3, -0.25) is 4.79 Å². The first-order valence-corrected chi connectivity index (χ1v) is 7.50. The molecule has 2 aliphatic rings. The summed E-state index contributed by atoms with van der Waals surface area (Å²) >= 11 is 0. The quantitative estimate of drug-likeness (QED) is 0.901. The predicted octanol–water partition coefficient (Wildman–Crippen LogP) is 2.09. The van der Waals surface area contributed by atoms with Crippen LogP contribution in [0.2, 0.25) is 0 Å². The van der Waals surface area contributed by atoms with E-state index in [4.69, 9.17) is 10.5 Å². The lowest BCUT2D eigenvalue weighted by atomic mass is 9.81. The molecule has 2 aliphatic heterocycles. The predicted molar refractivity (Wildman–Crippen MR) is 81.8 cm³/mol. The highest BCUT2D eigenvalue weighted by atomic mass is 16.5. The van der Waals surface area contributed by atoms with Crippen molar-refractivity contribution < 1.29 is 9.53 Å². The molecule has 3 rings (SSSR count). The third-order valence-corrected chi connectivity index (χ3v) is 4.75. The number of hydrogen-bond acceptors (Lipinski definition) is 3. The lowest BCUT2D eigenvalue weighted by Gasteiger charge is -2.47. The second-order valence-electron chi connectivity index (χ2n) is 6.07. The Kier molecular flexibility index (Phi) is 3.40. The van der Waals surface area contributed by atoms with Crippen LogP contribution in [0.1, 0.15) is 25.3 Å². The van der Waals surface area contributed by atoms with Crippen LogP contribution in [0.3, 0.4) is 0 Å². The fourth-order valence-electron chi connectivity index (χ4n) is 3.56. The van der Waals surface area contributed by atoms with Crippen LogP contribution in [-0.2, 0) is 11.2 Å². The normalized spacial score (nSPS) is 24.9. The standard InChI is InChI=1S/C17H22N2O2/c1-12(10-13-4-6-14(21-2)7-5-13)15-11-17(16(18)20)8-3-9-19(15)17/h4-7,11-12H,3,8-10H2,1-2H3,(H2,18,20)/t12?,17-/m1/s1. The van der Waals surface area contributed by atoms with Gasteiger partial charge < -0.3 is 15.4 Å². The van der Waals surface area contributed by atoms with Crippen molar-refractivity contribution in [1.29, 1.82) is 0 Å². The molecule has 2 heterocycles. The highest BCUT2D eigenvalue weighted by Crippen LogP contribution is 2.45. The Morgan fingerprint density at radius 3 is 2.76 bits per heavy atom. The molecular weight excluding hydrogens is 264 g/mol. The van der Waals surface area contributed by atoms with Crippen LogP contribution >= 0.6 is 0 Å². The van der Waals surface area contributed by atoms with Crippen molar-refractivity contribution in [2.24, 2.45) is 11.7 Å². The minimum atomic E-state index is -0.483. The minimum absolute atomic E-state index is 0.208. The van der Waals surface area contributed by atoms with E-state index >= 15 is 0 Å². The second-order valence-corrected chi connectivity index (χ2v) is 6.07. The maximum absolute atomic E-state index is 11.7. The number of hydrogen-bond donors (Lipinski definition) is 1. The Balaban J connectivity index is 1.72. The third kappa shape index (κ3) is 2.19. The zero-order valence-corrected chi connectivity index (χ0v) is 12.6. The molecule has 2 N–H and O–H groups in total. The Labute approximate surface area is 125 Å². The van der Waals surface area contributed by atoms with Crippen LogP contribution in [0.25, 0.3) is 0 Å². The van der Waals surface area contributed by atoms with E-state index in [1.165, 1.54) is 11.3 Å². The van der Waals surface area contributed by atoms with Gasteiger partial charge >= 0.3 is 0 Å². The van der Waals surface area contributed by atoms with E-state index in [0.29, 0.717) is 5.92 Å². The molecule has 112 valence electrons. The number of rotatable bonds is 5. The summed E-state index contributed by atoms with van der Waals surface area (Å²) in [5.74, 6) is 1.06. The van der Waals surface area contributed by atoms with E-state index in [2.05, 4.69) is 30.0 Å². The van der Waals surface area contributed by atoms with Gasteiger partial charge in [0, 0.05) is 12.2 Å². The van der Waals surface area contributed by atoms with E-state index in [1.807, 2.05) is 12.1 Å². The van der Waals surface area contributed by atoms with Gasteiger partial charge in [0.2, 0.25) is 5.91 Å². The lowest BCUT2D eigenvalue weighted by molar-refractivity contribution is -0.127. The van der Waals surface area contributed by atoms with Crippen molar-refractivity contribution in [3.8, 4) is 5.75 Å². The van der Waals surface area contributed by atoms with Crippen LogP contribution < -0.4 is 10.5 Å². The molecule has 1 fully saturated rings. The molecule has 2 atom stereocenters. The van der Waals surface area contributed by atoms with Gasteiger partial charge in [-0.15, -0.1) is 0 Å². The first-order valence-electron chi connectivity index (χ1n) is 7.50. The van der Waals surface area contributed by atoms with Gasteiger partial charge in [-0.2, -0.15) is 0 Å². The number of fused-ring (bicyclic) bond motifs is 1. The first kappa shape index (κ1) is 14.0. The maximum atomic E-state index is 11.7. The largest absolute Gasteiger partial charge is 0.497 e. The molecule has 4 nitrogen and oxygen atoms in total. The molecule has 0 bridgehead atoms. The SMILES string of the molecule is COc1ccc(CC(C)C2=C[C@@]3(C(N)=O)CCCN23)cc1. The summed E-state index contributed by atoms with van der Waals surface area (Å²) in [5.41, 5.74) is 7.64. The van der Waals surface area contributed by atoms with Crippen LogP contribution in [0, 0.1) is 5.92 Å². The lowest BCUT2D eigenvalue weighted by Crippen LogP contribution is -2.59. The Morgan fingerprint density at radius 1 is 1.43 bits per heavy atom. The van der Waals surface area contributed by atoms with E-state index in [1.54, 1.807) is 7.11 Å². The number of methoxy groups -OCH3 is 1. The molecule has 0 aromatic heterocycles. The van der Waals surface area contributed by atoms with Crippen LogP contribution in [-0.4, -0.2) is 30.0 Å². The van der Waals surface area contributed by atoms with Gasteiger partial charge in [0.15, 0.2) is 0 Å². The Bertz CT molecular complexity index is 579. The number of ether oxygens (including phenoxy) is 1. The van der Waals surface area contributed by atoms with Crippen molar-refractivity contribution in [2.45, 2.75) is 31.7 Å². The third-order valence-electron chi connectivity index (χ3n) is 4.75. The first-order chi connectivity index (χ1) is 10.1. The Hall–Kier alpha value is -1.97. The number of carbonyl (C=O) groups excluding carboxylic acids is 1. The maximum Gasteiger partial charge on any atom is 0.247 e. The van der Waals surface area contributed by atoms with Crippen molar-refractivity contribution in [2.75, 3.05) is 13.7 Å². The number of amides is 1. The van der Waals surface area contributed by atoms with Crippen molar-refractivity contribution in [3.05, 3.63) is 41.6 Å². The molecule has 21 heavy (non-hydrogen) atoms. The number of benzene rings is 1. The van der Waals surface area contributed by atoms with Gasteiger partial charge in [0.05, 0.1) is 7.11 Å². The van der Waals surface area contributed by atoms with Gasteiger partial charge in [-0.05, 0) is 49.0 Å². The molecule has 1 aromatic carbocycles. The van der Waals surface area contributed by atoms with E-state index in [0.717, 1.165) is 31.6 Å². The topological polar surface area (TPSA) is 55.6 Å². The fraction of sp³-hybridized carbons (Fsp3) is 0.471. The van der Waals surface area contributed by atoms with Crippen molar-refractivity contribution in [3.63, 3.8) is 0 Å². The summed E-state index contributed by atoms with van der Waals surface area (Å²) in [4.78, 5) is 13.9. The molecule has 1 aromatic rings. The summed E-state index contributed by atoms with van der Waals surface area (Å²) in [6.07, 6.45) is 4.96. The second kappa shape index (κ2) is 5.10. The highest BCUT2D eigenvalue weighted by Gasteiger charge is 2.52. The number of nitrogens with two attached hydrogens (primary N) is 1. The van der Waals surface area contributed by atoms with Crippen molar-refractivity contribution in [1.82, 2.24) is 4.90 Å². The summed E-state index contributed by atoms with van der Waals surface area (Å²) < 4.78 is 5.18. The molecule has 0 radical (unpaired) electrons. The van der Waals surface area contributed by atoms with E-state index in [-0.39, 0.29) is 5.91 Å². The van der Waals surface area contributed by atoms with Gasteiger partial charge in [-0.25, -0.2) is 0 Å². The molecule has 1 unspecified atom stereocenters. The number of allylic oxidation sites excluding steroid dienone is 1. The average Bonchev–Trinajstić information content (AvgIpc) is 2.78. The molecule has 0 saturated carbocycles. The smallest absolute Gasteiger partial charge is 0.247 e. The zero-order valence-electron chi connectivity index (χ0n) is 12.6. The highest BCUT2D eigenvalue weighted by molar-refractivity contribution is 5.89. The minimum Gasteiger partial charge on any atom is -0.497 e. The van der Waals surface area contributed by atoms with Gasteiger partial charge in [-0.1, -0.05) is 19.1 Å².